The summed E-state index contributed by atoms with van der Waals surface area (Å²) in [6, 6.07) is 0.217. The Bertz CT molecular complexity index is 343. The van der Waals surface area contributed by atoms with Crippen LogP contribution >= 0.6 is 0 Å². The number of amidine groups is 1. The number of carbonyl (C=O) groups excluding carboxylic acids is 1. The average Bonchev–Trinajstić information content (AvgIpc) is 2.73. The molecule has 0 aliphatic heterocycles. The Morgan fingerprint density at radius 3 is 2.15 bits per heavy atom. The van der Waals surface area contributed by atoms with Gasteiger partial charge in [-0.1, -0.05) is 44.7 Å². The second-order valence-electron chi connectivity index (χ2n) is 5.87. The van der Waals surface area contributed by atoms with Crippen molar-refractivity contribution in [2.45, 2.75) is 71.3 Å². The molecule has 116 valence electrons. The molecular weight excluding hydrogens is 254 g/mol. The lowest BCUT2D eigenvalue weighted by molar-refractivity contribution is -0.140. The highest BCUT2D eigenvalue weighted by Crippen LogP contribution is 2.37. The number of rotatable bonds is 5. The Labute approximate surface area is 122 Å². The first-order chi connectivity index (χ1) is 9.53. The van der Waals surface area contributed by atoms with Gasteiger partial charge in [-0.3, -0.25) is 4.79 Å². The van der Waals surface area contributed by atoms with Gasteiger partial charge >= 0.3 is 0 Å². The van der Waals surface area contributed by atoms with E-state index in [2.05, 4.69) is 19.0 Å². The molecule has 20 heavy (non-hydrogen) atoms. The van der Waals surface area contributed by atoms with Gasteiger partial charge in [0.1, 0.15) is 5.41 Å². The molecule has 0 aromatic heterocycles. The van der Waals surface area contributed by atoms with Crippen molar-refractivity contribution < 1.29 is 10.0 Å². The van der Waals surface area contributed by atoms with Gasteiger partial charge in [-0.05, 0) is 25.7 Å². The van der Waals surface area contributed by atoms with Crippen LogP contribution in [0, 0.1) is 5.41 Å². The molecule has 1 aliphatic rings. The molecule has 0 saturated heterocycles. The standard InChI is InChI=1S/C15H29N3O2/c1-4-12(5-2)18(3)14(19)15(13(16)17-20)10-8-6-7-9-11-15/h12,20H,4-11H2,1-3H3,(H2,16,17). The zero-order valence-electron chi connectivity index (χ0n) is 13.1. The van der Waals surface area contributed by atoms with Crippen LogP contribution in [-0.2, 0) is 4.79 Å². The van der Waals surface area contributed by atoms with Crippen molar-refractivity contribution in [3.63, 3.8) is 0 Å². The van der Waals surface area contributed by atoms with Crippen LogP contribution in [0.15, 0.2) is 5.16 Å². The summed E-state index contributed by atoms with van der Waals surface area (Å²) in [5.74, 6) is 0.102. The maximum Gasteiger partial charge on any atom is 0.236 e. The molecule has 5 heteroatoms. The van der Waals surface area contributed by atoms with Crippen LogP contribution in [-0.4, -0.2) is 34.9 Å². The van der Waals surface area contributed by atoms with Crippen molar-refractivity contribution in [1.29, 1.82) is 0 Å². The first-order valence-corrected chi connectivity index (χ1v) is 7.78. The molecule has 0 radical (unpaired) electrons. The molecular formula is C15H29N3O2. The van der Waals surface area contributed by atoms with E-state index >= 15 is 0 Å². The third-order valence-electron chi connectivity index (χ3n) is 4.78. The van der Waals surface area contributed by atoms with Gasteiger partial charge in [-0.2, -0.15) is 0 Å². The van der Waals surface area contributed by atoms with Crippen molar-refractivity contribution in [1.82, 2.24) is 4.90 Å². The van der Waals surface area contributed by atoms with Gasteiger partial charge in [-0.15, -0.1) is 0 Å². The molecule has 1 aliphatic carbocycles. The number of carbonyl (C=O) groups is 1. The lowest BCUT2D eigenvalue weighted by Crippen LogP contribution is -2.52. The number of nitrogens with two attached hydrogens (primary N) is 1. The Balaban J connectivity index is 3.07. The molecule has 0 aromatic rings. The van der Waals surface area contributed by atoms with Crippen LogP contribution in [0.4, 0.5) is 0 Å². The molecule has 0 heterocycles. The molecule has 0 aromatic carbocycles. The van der Waals surface area contributed by atoms with Crippen LogP contribution < -0.4 is 5.73 Å². The number of hydrogen-bond donors (Lipinski definition) is 2. The predicted molar refractivity (Wildman–Crippen MR) is 80.7 cm³/mol. The SMILES string of the molecule is CCC(CC)N(C)C(=O)C1(C(N)=NO)CCCCCC1. The van der Waals surface area contributed by atoms with E-state index < -0.39 is 5.41 Å². The van der Waals surface area contributed by atoms with Gasteiger partial charge < -0.3 is 15.8 Å². The highest BCUT2D eigenvalue weighted by atomic mass is 16.4. The lowest BCUT2D eigenvalue weighted by atomic mass is 9.77. The molecule has 1 saturated carbocycles. The van der Waals surface area contributed by atoms with E-state index in [0.717, 1.165) is 38.5 Å². The fraction of sp³-hybridized carbons (Fsp3) is 0.867. The van der Waals surface area contributed by atoms with Crippen LogP contribution in [0.3, 0.4) is 0 Å². The number of nitrogens with zero attached hydrogens (tertiary/aromatic N) is 2. The molecule has 0 atom stereocenters. The molecule has 1 fully saturated rings. The van der Waals surface area contributed by atoms with Gasteiger partial charge in [0.15, 0.2) is 5.84 Å². The monoisotopic (exact) mass is 283 g/mol. The minimum atomic E-state index is -0.803. The van der Waals surface area contributed by atoms with Crippen molar-refractivity contribution in [3.8, 4) is 0 Å². The highest BCUT2D eigenvalue weighted by Gasteiger charge is 2.45. The Morgan fingerprint density at radius 2 is 1.75 bits per heavy atom. The molecule has 1 rings (SSSR count). The highest BCUT2D eigenvalue weighted by molar-refractivity contribution is 6.06. The van der Waals surface area contributed by atoms with Crippen molar-refractivity contribution >= 4 is 11.7 Å². The summed E-state index contributed by atoms with van der Waals surface area (Å²) in [6.45, 7) is 4.17. The van der Waals surface area contributed by atoms with Crippen molar-refractivity contribution in [2.75, 3.05) is 7.05 Å². The third-order valence-corrected chi connectivity index (χ3v) is 4.78. The summed E-state index contributed by atoms with van der Waals surface area (Å²) in [5, 5.41) is 12.3. The zero-order valence-corrected chi connectivity index (χ0v) is 13.1. The Morgan fingerprint density at radius 1 is 1.25 bits per heavy atom. The summed E-state index contributed by atoms with van der Waals surface area (Å²) in [6.07, 6.45) is 7.36. The number of oxime groups is 1. The van der Waals surface area contributed by atoms with E-state index in [4.69, 9.17) is 10.9 Å². The van der Waals surface area contributed by atoms with Gasteiger partial charge in [0, 0.05) is 13.1 Å². The van der Waals surface area contributed by atoms with E-state index in [1.54, 1.807) is 0 Å². The maximum atomic E-state index is 13.0. The molecule has 0 bridgehead atoms. The number of amides is 1. The van der Waals surface area contributed by atoms with Crippen molar-refractivity contribution in [2.24, 2.45) is 16.3 Å². The quantitative estimate of drug-likeness (QED) is 0.268. The first-order valence-electron chi connectivity index (χ1n) is 7.78. The normalized spacial score (nSPS) is 19.7. The van der Waals surface area contributed by atoms with E-state index in [0.29, 0.717) is 12.8 Å². The summed E-state index contributed by atoms with van der Waals surface area (Å²) in [5.41, 5.74) is 5.12. The van der Waals surface area contributed by atoms with Crippen LogP contribution in [0.25, 0.3) is 0 Å². The van der Waals surface area contributed by atoms with Gasteiger partial charge in [0.05, 0.1) is 0 Å². The number of hydrogen-bond acceptors (Lipinski definition) is 3. The van der Waals surface area contributed by atoms with Crippen LogP contribution in [0.2, 0.25) is 0 Å². The maximum absolute atomic E-state index is 13.0. The van der Waals surface area contributed by atoms with E-state index in [1.165, 1.54) is 0 Å². The average molecular weight is 283 g/mol. The molecule has 0 unspecified atom stereocenters. The van der Waals surface area contributed by atoms with Crippen molar-refractivity contribution in [3.05, 3.63) is 0 Å². The van der Waals surface area contributed by atoms with Crippen LogP contribution in [0.5, 0.6) is 0 Å². The largest absolute Gasteiger partial charge is 0.409 e. The molecule has 1 amide bonds. The lowest BCUT2D eigenvalue weighted by Gasteiger charge is -2.37. The Hall–Kier alpha value is -1.26. The predicted octanol–water partition coefficient (Wildman–Crippen LogP) is 2.72. The minimum Gasteiger partial charge on any atom is -0.409 e. The smallest absolute Gasteiger partial charge is 0.236 e. The summed E-state index contributed by atoms with van der Waals surface area (Å²) in [7, 11) is 1.84. The van der Waals surface area contributed by atoms with Gasteiger partial charge in [0.2, 0.25) is 5.91 Å². The fourth-order valence-electron chi connectivity index (χ4n) is 3.35. The van der Waals surface area contributed by atoms with E-state index in [-0.39, 0.29) is 17.8 Å². The minimum absolute atomic E-state index is 0.0170. The third kappa shape index (κ3) is 3.25. The second-order valence-corrected chi connectivity index (χ2v) is 5.87. The van der Waals surface area contributed by atoms with Gasteiger partial charge in [-0.25, -0.2) is 0 Å². The summed E-state index contributed by atoms with van der Waals surface area (Å²) >= 11 is 0. The molecule has 3 N–H and O–H groups in total. The second kappa shape index (κ2) is 7.50. The first kappa shape index (κ1) is 16.8. The van der Waals surface area contributed by atoms with E-state index in [9.17, 15) is 4.79 Å². The van der Waals surface area contributed by atoms with Crippen LogP contribution in [0.1, 0.15) is 65.2 Å². The topological polar surface area (TPSA) is 78.9 Å². The molecule has 0 spiro atoms. The summed E-state index contributed by atoms with van der Waals surface area (Å²) in [4.78, 5) is 14.8. The summed E-state index contributed by atoms with van der Waals surface area (Å²) < 4.78 is 0. The Kier molecular flexibility index (Phi) is 6.30. The molecule has 5 nitrogen and oxygen atoms in total. The van der Waals surface area contributed by atoms with Gasteiger partial charge in [0.25, 0.3) is 0 Å². The fourth-order valence-corrected chi connectivity index (χ4v) is 3.35. The zero-order chi connectivity index (χ0) is 15.2. The van der Waals surface area contributed by atoms with E-state index in [1.807, 2.05) is 11.9 Å².